The monoisotopic (exact) mass is 365 g/mol. The smallest absolute Gasteiger partial charge is 0.288 e. The summed E-state index contributed by atoms with van der Waals surface area (Å²) in [5, 5.41) is 14.0. The van der Waals surface area contributed by atoms with Gasteiger partial charge in [-0.2, -0.15) is 4.57 Å². The Hall–Kier alpha value is -3.05. The SMILES string of the molecule is Cc1ccccc1NC(=S)C(=C(O)c1ccc(F)cc1)[n+]1ccccc1. The van der Waals surface area contributed by atoms with Crippen molar-refractivity contribution in [2.24, 2.45) is 0 Å². The molecule has 0 fully saturated rings. The maximum absolute atomic E-state index is 13.2. The molecule has 130 valence electrons. The quantitative estimate of drug-likeness (QED) is 0.303. The zero-order chi connectivity index (χ0) is 18.5. The van der Waals surface area contributed by atoms with Crippen molar-refractivity contribution >= 4 is 34.3 Å². The molecule has 1 heterocycles. The van der Waals surface area contributed by atoms with E-state index in [-0.39, 0.29) is 11.6 Å². The molecule has 0 amide bonds. The molecule has 0 aliphatic carbocycles. The molecule has 1 aromatic heterocycles. The van der Waals surface area contributed by atoms with Crippen molar-refractivity contribution in [3.8, 4) is 0 Å². The van der Waals surface area contributed by atoms with Crippen molar-refractivity contribution in [3.05, 3.63) is 96.1 Å². The van der Waals surface area contributed by atoms with Crippen molar-refractivity contribution in [1.82, 2.24) is 0 Å². The van der Waals surface area contributed by atoms with E-state index in [9.17, 15) is 9.50 Å². The van der Waals surface area contributed by atoms with Gasteiger partial charge in [0.25, 0.3) is 5.70 Å². The van der Waals surface area contributed by atoms with E-state index in [4.69, 9.17) is 12.2 Å². The van der Waals surface area contributed by atoms with Crippen LogP contribution in [0.5, 0.6) is 0 Å². The normalized spacial score (nSPS) is 11.6. The van der Waals surface area contributed by atoms with Crippen LogP contribution >= 0.6 is 12.2 Å². The van der Waals surface area contributed by atoms with Crippen LogP contribution in [0.4, 0.5) is 10.1 Å². The summed E-state index contributed by atoms with van der Waals surface area (Å²) in [5.41, 5.74) is 2.79. The van der Waals surface area contributed by atoms with E-state index in [1.165, 1.54) is 24.3 Å². The Bertz CT molecular complexity index is 953. The van der Waals surface area contributed by atoms with Gasteiger partial charge in [-0.05, 0) is 42.8 Å². The number of pyridine rings is 1. The van der Waals surface area contributed by atoms with E-state index in [0.717, 1.165) is 11.3 Å². The third-order valence-corrected chi connectivity index (χ3v) is 4.22. The number of para-hydroxylation sites is 1. The first-order valence-corrected chi connectivity index (χ1v) is 8.50. The minimum absolute atomic E-state index is 0.0349. The Balaban J connectivity index is 2.06. The molecule has 0 spiro atoms. The van der Waals surface area contributed by atoms with E-state index in [1.54, 1.807) is 17.0 Å². The fraction of sp³-hybridized carbons (Fsp3) is 0.0476. The second-order valence-electron chi connectivity index (χ2n) is 5.76. The molecule has 3 nitrogen and oxygen atoms in total. The Morgan fingerprint density at radius 1 is 0.962 bits per heavy atom. The summed E-state index contributed by atoms with van der Waals surface area (Å²) in [5.74, 6) is -0.400. The van der Waals surface area contributed by atoms with Gasteiger partial charge in [0.2, 0.25) is 0 Å². The molecule has 3 aromatic rings. The number of aliphatic hydroxyl groups excluding tert-OH is 1. The first-order chi connectivity index (χ1) is 12.6. The topological polar surface area (TPSA) is 36.1 Å². The number of rotatable bonds is 4. The number of nitrogens with zero attached hydrogens (tertiary/aromatic N) is 1. The number of nitrogens with one attached hydrogen (secondary N) is 1. The molecular formula is C21H18FN2OS+. The van der Waals surface area contributed by atoms with Crippen LogP contribution in [0.1, 0.15) is 11.1 Å². The van der Waals surface area contributed by atoms with E-state index < -0.39 is 0 Å². The maximum Gasteiger partial charge on any atom is 0.288 e. The van der Waals surface area contributed by atoms with Gasteiger partial charge >= 0.3 is 0 Å². The molecular weight excluding hydrogens is 347 g/mol. The predicted octanol–water partition coefficient (Wildman–Crippen LogP) is 4.74. The number of anilines is 1. The Labute approximate surface area is 157 Å². The Kier molecular flexibility index (Phi) is 5.39. The molecule has 0 saturated heterocycles. The maximum atomic E-state index is 13.2. The number of aryl methyl sites for hydroxylation is 1. The summed E-state index contributed by atoms with van der Waals surface area (Å²) >= 11 is 5.58. The molecule has 0 atom stereocenters. The van der Waals surface area contributed by atoms with Crippen LogP contribution in [-0.2, 0) is 0 Å². The van der Waals surface area contributed by atoms with Crippen molar-refractivity contribution in [3.63, 3.8) is 0 Å². The molecule has 2 aromatic carbocycles. The number of aromatic nitrogens is 1. The van der Waals surface area contributed by atoms with Crippen LogP contribution in [0.25, 0.3) is 11.5 Å². The molecule has 0 radical (unpaired) electrons. The van der Waals surface area contributed by atoms with Gasteiger partial charge in [0.1, 0.15) is 5.82 Å². The molecule has 0 aliphatic heterocycles. The average Bonchev–Trinajstić information content (AvgIpc) is 2.65. The minimum atomic E-state index is -0.365. The van der Waals surface area contributed by atoms with Crippen LogP contribution in [-0.4, -0.2) is 10.1 Å². The fourth-order valence-corrected chi connectivity index (χ4v) is 2.85. The number of halogens is 1. The van der Waals surface area contributed by atoms with Crippen LogP contribution in [0.3, 0.4) is 0 Å². The summed E-state index contributed by atoms with van der Waals surface area (Å²) < 4.78 is 15.0. The number of benzene rings is 2. The highest BCUT2D eigenvalue weighted by molar-refractivity contribution is 7.81. The van der Waals surface area contributed by atoms with E-state index in [1.807, 2.05) is 49.4 Å². The van der Waals surface area contributed by atoms with Gasteiger partial charge in [0, 0.05) is 23.4 Å². The van der Waals surface area contributed by atoms with Gasteiger partial charge in [-0.15, -0.1) is 0 Å². The molecule has 26 heavy (non-hydrogen) atoms. The van der Waals surface area contributed by atoms with Crippen molar-refractivity contribution in [2.75, 3.05) is 5.32 Å². The zero-order valence-corrected chi connectivity index (χ0v) is 15.0. The van der Waals surface area contributed by atoms with Crippen molar-refractivity contribution in [2.45, 2.75) is 6.92 Å². The summed E-state index contributed by atoms with van der Waals surface area (Å²) in [4.78, 5) is 0.359. The standard InChI is InChI=1S/C21H17FN2OS/c1-15-7-3-4-8-18(15)23-21(26)19(24-13-5-2-6-14-24)20(25)16-9-11-17(22)12-10-16/h2-14H,1H3,(H-,23,25,26)/p+1. The number of aliphatic hydroxyl groups is 1. The number of hydrogen-bond acceptors (Lipinski definition) is 2. The van der Waals surface area contributed by atoms with Gasteiger partial charge in [-0.3, -0.25) is 0 Å². The van der Waals surface area contributed by atoms with E-state index in [2.05, 4.69) is 5.32 Å². The summed E-state index contributed by atoms with van der Waals surface area (Å²) in [6.07, 6.45) is 3.59. The predicted molar refractivity (Wildman–Crippen MR) is 106 cm³/mol. The third kappa shape index (κ3) is 3.95. The third-order valence-electron chi connectivity index (χ3n) is 3.92. The summed E-state index contributed by atoms with van der Waals surface area (Å²) in [6, 6.07) is 19.0. The van der Waals surface area contributed by atoms with Gasteiger partial charge in [-0.1, -0.05) is 36.5 Å². The molecule has 3 rings (SSSR count). The van der Waals surface area contributed by atoms with E-state index in [0.29, 0.717) is 16.2 Å². The lowest BCUT2D eigenvalue weighted by Gasteiger charge is -2.11. The summed E-state index contributed by atoms with van der Waals surface area (Å²) in [6.45, 7) is 1.98. The molecule has 5 heteroatoms. The van der Waals surface area contributed by atoms with Crippen LogP contribution in [0.15, 0.2) is 79.1 Å². The lowest BCUT2D eigenvalue weighted by Crippen LogP contribution is -2.38. The second kappa shape index (κ2) is 7.89. The molecule has 0 unspecified atom stereocenters. The summed E-state index contributed by atoms with van der Waals surface area (Å²) in [7, 11) is 0. The highest BCUT2D eigenvalue weighted by Crippen LogP contribution is 2.20. The second-order valence-corrected chi connectivity index (χ2v) is 6.16. The Morgan fingerprint density at radius 2 is 1.62 bits per heavy atom. The molecule has 0 bridgehead atoms. The highest BCUT2D eigenvalue weighted by atomic mass is 32.1. The van der Waals surface area contributed by atoms with Crippen LogP contribution in [0, 0.1) is 12.7 Å². The van der Waals surface area contributed by atoms with Crippen LogP contribution in [0.2, 0.25) is 0 Å². The average molecular weight is 365 g/mol. The number of hydrogen-bond donors (Lipinski definition) is 2. The Morgan fingerprint density at radius 3 is 2.27 bits per heavy atom. The van der Waals surface area contributed by atoms with Crippen molar-refractivity contribution < 1.29 is 14.1 Å². The van der Waals surface area contributed by atoms with Gasteiger partial charge in [-0.25, -0.2) is 4.39 Å². The van der Waals surface area contributed by atoms with E-state index >= 15 is 0 Å². The first-order valence-electron chi connectivity index (χ1n) is 8.09. The largest absolute Gasteiger partial charge is 0.502 e. The van der Waals surface area contributed by atoms with Crippen molar-refractivity contribution in [1.29, 1.82) is 0 Å². The fourth-order valence-electron chi connectivity index (χ4n) is 2.53. The molecule has 0 saturated carbocycles. The minimum Gasteiger partial charge on any atom is -0.502 e. The van der Waals surface area contributed by atoms with Gasteiger partial charge in [0.15, 0.2) is 23.1 Å². The highest BCUT2D eigenvalue weighted by Gasteiger charge is 2.23. The molecule has 2 N–H and O–H groups in total. The number of thiocarbonyl (C=S) groups is 1. The lowest BCUT2D eigenvalue weighted by molar-refractivity contribution is -0.575. The van der Waals surface area contributed by atoms with Gasteiger partial charge < -0.3 is 10.4 Å². The first kappa shape index (κ1) is 17.8. The van der Waals surface area contributed by atoms with Crippen LogP contribution < -0.4 is 9.88 Å². The van der Waals surface area contributed by atoms with Gasteiger partial charge in [0.05, 0.1) is 0 Å². The zero-order valence-electron chi connectivity index (χ0n) is 14.2. The lowest BCUT2D eigenvalue weighted by atomic mass is 10.1. The molecule has 0 aliphatic rings.